The highest BCUT2D eigenvalue weighted by Crippen LogP contribution is 2.54. The summed E-state index contributed by atoms with van der Waals surface area (Å²) < 4.78 is 0. The molecule has 0 aromatic heterocycles. The summed E-state index contributed by atoms with van der Waals surface area (Å²) in [6.07, 6.45) is 0. The van der Waals surface area contributed by atoms with Crippen molar-refractivity contribution in [2.45, 2.75) is 19.3 Å². The van der Waals surface area contributed by atoms with Gasteiger partial charge in [0.25, 0.3) is 0 Å². The van der Waals surface area contributed by atoms with Crippen LogP contribution in [0.2, 0.25) is 0 Å². The molecule has 9 aromatic carbocycles. The highest BCUT2D eigenvalue weighted by atomic mass is 15.1. The normalized spacial score (nSPS) is 12.8. The van der Waals surface area contributed by atoms with E-state index in [0.29, 0.717) is 0 Å². The molecule has 1 heteroatoms. The van der Waals surface area contributed by atoms with Crippen LogP contribution < -0.4 is 4.90 Å². The summed E-state index contributed by atoms with van der Waals surface area (Å²) in [5.41, 5.74) is 16.0. The maximum Gasteiger partial charge on any atom is 0.0468 e. The number of anilines is 3. The Morgan fingerprint density at radius 3 is 1.72 bits per heavy atom. The van der Waals surface area contributed by atoms with Gasteiger partial charge in [0.05, 0.1) is 0 Å². The smallest absolute Gasteiger partial charge is 0.0468 e. The Balaban J connectivity index is 1.17. The molecule has 0 fully saturated rings. The molecule has 0 unspecified atom stereocenters. The monoisotopic (exact) mass is 689 g/mol. The van der Waals surface area contributed by atoms with E-state index < -0.39 is 0 Å². The standard InChI is InChI=1S/C53H39N/c1-53(2)49-26-14-25-46(37-16-5-3-6-17-37)52(49)48-32-30-44(35-50(48)53)54(43-29-27-36-15-9-10-21-40(36)33-43)42-23-13-22-41(34-42)47-31-28-38-18-11-12-24-45(38)51(47)39-19-7-4-8-20-39/h3-35H,1-2H3. The molecule has 0 saturated carbocycles. The van der Waals surface area contributed by atoms with Gasteiger partial charge in [0.2, 0.25) is 0 Å². The van der Waals surface area contributed by atoms with Gasteiger partial charge in [0.15, 0.2) is 0 Å². The summed E-state index contributed by atoms with van der Waals surface area (Å²) in [4.78, 5) is 2.44. The van der Waals surface area contributed by atoms with Crippen LogP contribution >= 0.6 is 0 Å². The molecular formula is C53H39N. The van der Waals surface area contributed by atoms with Crippen molar-refractivity contribution in [2.75, 3.05) is 4.90 Å². The first-order valence-corrected chi connectivity index (χ1v) is 18.8. The van der Waals surface area contributed by atoms with Crippen LogP contribution in [0.15, 0.2) is 200 Å². The highest BCUT2D eigenvalue weighted by molar-refractivity contribution is 6.04. The summed E-state index contributed by atoms with van der Waals surface area (Å²) in [7, 11) is 0. The number of hydrogen-bond donors (Lipinski definition) is 0. The zero-order valence-corrected chi connectivity index (χ0v) is 30.5. The Hall–Kier alpha value is -6.70. The molecular weight excluding hydrogens is 651 g/mol. The molecule has 0 saturated heterocycles. The minimum atomic E-state index is -0.169. The lowest BCUT2D eigenvalue weighted by Gasteiger charge is -2.29. The number of benzene rings is 9. The van der Waals surface area contributed by atoms with Gasteiger partial charge in [-0.25, -0.2) is 0 Å². The summed E-state index contributed by atoms with van der Waals surface area (Å²) in [6.45, 7) is 4.75. The number of nitrogens with zero attached hydrogens (tertiary/aromatic N) is 1. The molecule has 0 bridgehead atoms. The third kappa shape index (κ3) is 5.24. The predicted molar refractivity (Wildman–Crippen MR) is 230 cm³/mol. The molecule has 0 radical (unpaired) electrons. The van der Waals surface area contributed by atoms with E-state index in [1.807, 2.05) is 0 Å². The molecule has 0 heterocycles. The number of fused-ring (bicyclic) bond motifs is 5. The second-order valence-electron chi connectivity index (χ2n) is 14.9. The molecule has 1 aliphatic rings. The van der Waals surface area contributed by atoms with Crippen molar-refractivity contribution in [1.29, 1.82) is 0 Å². The van der Waals surface area contributed by atoms with Crippen molar-refractivity contribution >= 4 is 38.6 Å². The van der Waals surface area contributed by atoms with Crippen molar-refractivity contribution in [2.24, 2.45) is 0 Å². The van der Waals surface area contributed by atoms with Crippen LogP contribution in [0.4, 0.5) is 17.1 Å². The van der Waals surface area contributed by atoms with Gasteiger partial charge in [-0.15, -0.1) is 0 Å². The van der Waals surface area contributed by atoms with E-state index in [9.17, 15) is 0 Å². The van der Waals surface area contributed by atoms with Crippen molar-refractivity contribution in [1.82, 2.24) is 0 Å². The Morgan fingerprint density at radius 1 is 0.333 bits per heavy atom. The van der Waals surface area contributed by atoms with Gasteiger partial charge in [0, 0.05) is 22.5 Å². The van der Waals surface area contributed by atoms with Gasteiger partial charge in [-0.1, -0.05) is 178 Å². The highest BCUT2D eigenvalue weighted by Gasteiger charge is 2.37. The topological polar surface area (TPSA) is 3.24 Å². The van der Waals surface area contributed by atoms with Crippen LogP contribution in [0.25, 0.3) is 66.1 Å². The zero-order chi connectivity index (χ0) is 36.2. The van der Waals surface area contributed by atoms with Crippen molar-refractivity contribution in [3.63, 3.8) is 0 Å². The van der Waals surface area contributed by atoms with Crippen molar-refractivity contribution in [3.05, 3.63) is 211 Å². The molecule has 1 nitrogen and oxygen atoms in total. The van der Waals surface area contributed by atoms with E-state index in [1.165, 1.54) is 77.2 Å². The summed E-state index contributed by atoms with van der Waals surface area (Å²) in [6, 6.07) is 73.4. The molecule has 0 amide bonds. The van der Waals surface area contributed by atoms with Crippen LogP contribution in [0.3, 0.4) is 0 Å². The SMILES string of the molecule is CC1(C)c2cc(N(c3cccc(-c4ccc5ccccc5c4-c4ccccc4)c3)c3ccc4ccccc4c3)ccc2-c2c(-c3ccccc3)cccc21. The molecule has 256 valence electrons. The molecule has 0 spiro atoms. The maximum absolute atomic E-state index is 2.44. The second kappa shape index (κ2) is 12.8. The summed E-state index contributed by atoms with van der Waals surface area (Å²) in [5, 5.41) is 4.95. The fourth-order valence-electron chi connectivity index (χ4n) is 8.78. The average molecular weight is 690 g/mol. The lowest BCUT2D eigenvalue weighted by atomic mass is 9.81. The Bertz CT molecular complexity index is 2850. The molecule has 0 N–H and O–H groups in total. The second-order valence-corrected chi connectivity index (χ2v) is 14.9. The van der Waals surface area contributed by atoms with Gasteiger partial charge >= 0.3 is 0 Å². The third-order valence-corrected chi connectivity index (χ3v) is 11.4. The Labute approximate surface area is 317 Å². The third-order valence-electron chi connectivity index (χ3n) is 11.4. The summed E-state index contributed by atoms with van der Waals surface area (Å²) in [5.74, 6) is 0. The molecule has 0 aliphatic heterocycles. The first-order valence-electron chi connectivity index (χ1n) is 18.8. The Kier molecular flexibility index (Phi) is 7.56. The average Bonchev–Trinajstić information content (AvgIpc) is 3.46. The van der Waals surface area contributed by atoms with Gasteiger partial charge in [0.1, 0.15) is 0 Å². The van der Waals surface area contributed by atoms with Crippen molar-refractivity contribution in [3.8, 4) is 44.5 Å². The zero-order valence-electron chi connectivity index (χ0n) is 30.5. The fraction of sp³-hybridized carbons (Fsp3) is 0.0566. The van der Waals surface area contributed by atoms with Crippen LogP contribution in [0, 0.1) is 0 Å². The lowest BCUT2D eigenvalue weighted by molar-refractivity contribution is 0.660. The van der Waals surface area contributed by atoms with Crippen LogP contribution in [0.5, 0.6) is 0 Å². The quantitative estimate of drug-likeness (QED) is 0.168. The first kappa shape index (κ1) is 32.0. The molecule has 9 aromatic rings. The van der Waals surface area contributed by atoms with Gasteiger partial charge in [-0.3, -0.25) is 0 Å². The maximum atomic E-state index is 2.44. The molecule has 10 rings (SSSR count). The Morgan fingerprint density at radius 2 is 0.907 bits per heavy atom. The van der Waals surface area contributed by atoms with E-state index in [2.05, 4.69) is 219 Å². The van der Waals surface area contributed by atoms with Gasteiger partial charge in [-0.2, -0.15) is 0 Å². The van der Waals surface area contributed by atoms with Crippen LogP contribution in [0.1, 0.15) is 25.0 Å². The van der Waals surface area contributed by atoms with Crippen LogP contribution in [-0.4, -0.2) is 0 Å². The number of hydrogen-bond acceptors (Lipinski definition) is 1. The lowest BCUT2D eigenvalue weighted by Crippen LogP contribution is -2.16. The van der Waals surface area contributed by atoms with Crippen molar-refractivity contribution < 1.29 is 0 Å². The predicted octanol–water partition coefficient (Wildman–Crippen LogP) is 14.8. The van der Waals surface area contributed by atoms with Gasteiger partial charge in [-0.05, 0) is 114 Å². The van der Waals surface area contributed by atoms with E-state index in [4.69, 9.17) is 0 Å². The van der Waals surface area contributed by atoms with E-state index in [-0.39, 0.29) is 5.41 Å². The van der Waals surface area contributed by atoms with E-state index in [0.717, 1.165) is 17.1 Å². The minimum Gasteiger partial charge on any atom is -0.310 e. The van der Waals surface area contributed by atoms with Crippen LogP contribution in [-0.2, 0) is 5.41 Å². The van der Waals surface area contributed by atoms with E-state index >= 15 is 0 Å². The molecule has 54 heavy (non-hydrogen) atoms. The van der Waals surface area contributed by atoms with Gasteiger partial charge < -0.3 is 4.90 Å². The van der Waals surface area contributed by atoms with E-state index in [1.54, 1.807) is 0 Å². The molecule has 0 atom stereocenters. The number of rotatable bonds is 6. The summed E-state index contributed by atoms with van der Waals surface area (Å²) >= 11 is 0. The largest absolute Gasteiger partial charge is 0.310 e. The first-order chi connectivity index (χ1) is 26.5. The fourth-order valence-corrected chi connectivity index (χ4v) is 8.78. The minimum absolute atomic E-state index is 0.169. The molecule has 1 aliphatic carbocycles.